The van der Waals surface area contributed by atoms with Crippen LogP contribution in [-0.2, 0) is 0 Å². The number of nitrogens with zero attached hydrogens (tertiary/aromatic N) is 1. The number of Topliss-reactive ketones (excluding diaryl/α,β-unsaturated/α-hetero) is 1. The minimum absolute atomic E-state index is 0.148. The molecular formula is C19H29NO2. The lowest BCUT2D eigenvalue weighted by Crippen LogP contribution is -2.38. The van der Waals surface area contributed by atoms with E-state index in [4.69, 9.17) is 4.74 Å². The van der Waals surface area contributed by atoms with Gasteiger partial charge < -0.3 is 4.74 Å². The Morgan fingerprint density at radius 2 is 2.05 bits per heavy atom. The molecule has 22 heavy (non-hydrogen) atoms. The summed E-state index contributed by atoms with van der Waals surface area (Å²) >= 11 is 0. The average Bonchev–Trinajstić information content (AvgIpc) is 2.41. The van der Waals surface area contributed by atoms with Crippen molar-refractivity contribution in [3.8, 4) is 5.75 Å². The molecule has 2 rings (SSSR count). The fraction of sp³-hybridized carbons (Fsp3) is 0.632. The van der Waals surface area contributed by atoms with E-state index in [2.05, 4.69) is 11.8 Å². The molecule has 1 saturated heterocycles. The van der Waals surface area contributed by atoms with Gasteiger partial charge in [-0.1, -0.05) is 6.92 Å². The number of benzene rings is 1. The molecule has 0 aromatic heterocycles. The molecule has 1 atom stereocenters. The number of carbonyl (C=O) groups is 1. The van der Waals surface area contributed by atoms with E-state index >= 15 is 0 Å². The van der Waals surface area contributed by atoms with Gasteiger partial charge in [0.15, 0.2) is 5.78 Å². The summed E-state index contributed by atoms with van der Waals surface area (Å²) in [5.74, 6) is 1.81. The number of ether oxygens (including phenoxy) is 1. The third kappa shape index (κ3) is 4.33. The third-order valence-electron chi connectivity index (χ3n) is 4.29. The van der Waals surface area contributed by atoms with Crippen LogP contribution in [0.5, 0.6) is 5.75 Å². The Bertz CT molecular complexity index is 536. The predicted octanol–water partition coefficient (Wildman–Crippen LogP) is 4.01. The van der Waals surface area contributed by atoms with Crippen LogP contribution in [0.4, 0.5) is 0 Å². The highest BCUT2D eigenvalue weighted by Gasteiger charge is 2.20. The number of ketones is 1. The molecule has 3 nitrogen and oxygen atoms in total. The molecule has 122 valence electrons. The van der Waals surface area contributed by atoms with Crippen molar-refractivity contribution in [1.29, 1.82) is 0 Å². The van der Waals surface area contributed by atoms with Crippen LogP contribution in [0.3, 0.4) is 0 Å². The van der Waals surface area contributed by atoms with E-state index in [-0.39, 0.29) is 11.9 Å². The molecule has 0 amide bonds. The van der Waals surface area contributed by atoms with Crippen molar-refractivity contribution in [1.82, 2.24) is 4.90 Å². The number of rotatable bonds is 5. The number of hydrogen-bond acceptors (Lipinski definition) is 3. The molecule has 1 aromatic carbocycles. The van der Waals surface area contributed by atoms with Crippen molar-refractivity contribution in [2.24, 2.45) is 5.92 Å². The second kappa shape index (κ2) is 7.28. The summed E-state index contributed by atoms with van der Waals surface area (Å²) in [5, 5.41) is 0. The molecular weight excluding hydrogens is 274 g/mol. The molecule has 0 bridgehead atoms. The van der Waals surface area contributed by atoms with Gasteiger partial charge in [-0.15, -0.1) is 0 Å². The van der Waals surface area contributed by atoms with Crippen molar-refractivity contribution in [2.45, 2.75) is 53.6 Å². The van der Waals surface area contributed by atoms with Gasteiger partial charge in [0, 0.05) is 12.1 Å². The van der Waals surface area contributed by atoms with Gasteiger partial charge in [-0.25, -0.2) is 0 Å². The third-order valence-corrected chi connectivity index (χ3v) is 4.29. The van der Waals surface area contributed by atoms with Crippen molar-refractivity contribution >= 4 is 5.78 Å². The van der Waals surface area contributed by atoms with Crippen LogP contribution in [0.1, 0.15) is 55.1 Å². The summed E-state index contributed by atoms with van der Waals surface area (Å²) in [6, 6.07) is 3.99. The van der Waals surface area contributed by atoms with Crippen molar-refractivity contribution in [2.75, 3.05) is 19.6 Å². The first-order valence-electron chi connectivity index (χ1n) is 8.40. The second-order valence-electron chi connectivity index (χ2n) is 7.00. The lowest BCUT2D eigenvalue weighted by Gasteiger charge is -2.30. The van der Waals surface area contributed by atoms with Gasteiger partial charge >= 0.3 is 0 Å². The van der Waals surface area contributed by atoms with Crippen molar-refractivity contribution in [3.05, 3.63) is 28.8 Å². The maximum Gasteiger partial charge on any atom is 0.177 e. The number of piperidine rings is 1. The fourth-order valence-corrected chi connectivity index (χ4v) is 3.19. The second-order valence-corrected chi connectivity index (χ2v) is 7.00. The summed E-state index contributed by atoms with van der Waals surface area (Å²) < 4.78 is 5.80. The fourth-order valence-electron chi connectivity index (χ4n) is 3.19. The van der Waals surface area contributed by atoms with Gasteiger partial charge in [-0.2, -0.15) is 0 Å². The predicted molar refractivity (Wildman–Crippen MR) is 90.8 cm³/mol. The highest BCUT2D eigenvalue weighted by Crippen LogP contribution is 2.25. The van der Waals surface area contributed by atoms with E-state index in [0.717, 1.165) is 35.5 Å². The molecule has 1 aliphatic rings. The van der Waals surface area contributed by atoms with Crippen LogP contribution in [-0.4, -0.2) is 36.4 Å². The molecule has 1 aliphatic heterocycles. The van der Waals surface area contributed by atoms with Crippen molar-refractivity contribution < 1.29 is 9.53 Å². The summed E-state index contributed by atoms with van der Waals surface area (Å²) in [5.41, 5.74) is 2.89. The topological polar surface area (TPSA) is 29.5 Å². The first-order chi connectivity index (χ1) is 10.4. The van der Waals surface area contributed by atoms with Gasteiger partial charge in [-0.05, 0) is 76.3 Å². The SMILES string of the molecule is Cc1cc(C(=O)CN2CCCC(C)C2)c(C)cc1OC(C)C. The molecule has 0 aliphatic carbocycles. The highest BCUT2D eigenvalue weighted by molar-refractivity contribution is 5.99. The Morgan fingerprint density at radius 3 is 2.68 bits per heavy atom. The number of likely N-dealkylation sites (tertiary alicyclic amines) is 1. The zero-order valence-electron chi connectivity index (χ0n) is 14.6. The highest BCUT2D eigenvalue weighted by atomic mass is 16.5. The van der Waals surface area contributed by atoms with Crippen LogP contribution in [0.2, 0.25) is 0 Å². The summed E-state index contributed by atoms with van der Waals surface area (Å²) in [6.07, 6.45) is 2.63. The molecule has 0 radical (unpaired) electrons. The van der Waals surface area contributed by atoms with Crippen LogP contribution in [0.25, 0.3) is 0 Å². The zero-order valence-corrected chi connectivity index (χ0v) is 14.6. The Hall–Kier alpha value is -1.35. The monoisotopic (exact) mass is 303 g/mol. The average molecular weight is 303 g/mol. The lowest BCUT2D eigenvalue weighted by molar-refractivity contribution is 0.0892. The zero-order chi connectivity index (χ0) is 16.3. The molecule has 0 N–H and O–H groups in total. The summed E-state index contributed by atoms with van der Waals surface area (Å²) in [4.78, 5) is 14.9. The Balaban J connectivity index is 2.10. The molecule has 0 spiro atoms. The molecule has 1 fully saturated rings. The van der Waals surface area contributed by atoms with Crippen LogP contribution in [0, 0.1) is 19.8 Å². The molecule has 1 unspecified atom stereocenters. The van der Waals surface area contributed by atoms with E-state index in [9.17, 15) is 4.79 Å². The van der Waals surface area contributed by atoms with Crippen LogP contribution >= 0.6 is 0 Å². The minimum Gasteiger partial charge on any atom is -0.491 e. The largest absolute Gasteiger partial charge is 0.491 e. The summed E-state index contributed by atoms with van der Waals surface area (Å²) in [6.45, 7) is 12.9. The van der Waals surface area contributed by atoms with Crippen LogP contribution in [0.15, 0.2) is 12.1 Å². The normalized spacial score (nSPS) is 19.5. The molecule has 3 heteroatoms. The van der Waals surface area contributed by atoms with E-state index in [0.29, 0.717) is 12.5 Å². The standard InChI is InChI=1S/C19H29NO2/c1-13(2)22-19-10-15(4)17(9-16(19)5)18(21)12-20-8-6-7-14(3)11-20/h9-10,13-14H,6-8,11-12H2,1-5H3. The van der Waals surface area contributed by atoms with E-state index in [1.54, 1.807) is 0 Å². The first kappa shape index (κ1) is 17.0. The molecule has 0 saturated carbocycles. The quantitative estimate of drug-likeness (QED) is 0.770. The Morgan fingerprint density at radius 1 is 1.32 bits per heavy atom. The maximum atomic E-state index is 12.6. The lowest BCUT2D eigenvalue weighted by atomic mass is 9.97. The molecule has 1 aromatic rings. The maximum absolute atomic E-state index is 12.6. The van der Waals surface area contributed by atoms with Gasteiger partial charge in [0.2, 0.25) is 0 Å². The van der Waals surface area contributed by atoms with E-state index < -0.39 is 0 Å². The number of aryl methyl sites for hydroxylation is 2. The number of carbonyl (C=O) groups excluding carboxylic acids is 1. The van der Waals surface area contributed by atoms with Gasteiger partial charge in [0.05, 0.1) is 12.6 Å². The minimum atomic E-state index is 0.148. The number of hydrogen-bond donors (Lipinski definition) is 0. The Kier molecular flexibility index (Phi) is 5.63. The Labute approximate surface area is 134 Å². The van der Waals surface area contributed by atoms with Crippen molar-refractivity contribution in [3.63, 3.8) is 0 Å². The van der Waals surface area contributed by atoms with E-state index in [1.165, 1.54) is 12.8 Å². The molecule has 1 heterocycles. The van der Waals surface area contributed by atoms with Gasteiger partial charge in [0.1, 0.15) is 5.75 Å². The van der Waals surface area contributed by atoms with Gasteiger partial charge in [0.25, 0.3) is 0 Å². The smallest absolute Gasteiger partial charge is 0.177 e. The summed E-state index contributed by atoms with van der Waals surface area (Å²) in [7, 11) is 0. The van der Waals surface area contributed by atoms with E-state index in [1.807, 2.05) is 39.8 Å². The van der Waals surface area contributed by atoms with Gasteiger partial charge in [-0.3, -0.25) is 9.69 Å². The van der Waals surface area contributed by atoms with Crippen LogP contribution < -0.4 is 4.74 Å². The first-order valence-corrected chi connectivity index (χ1v) is 8.40.